The van der Waals surface area contributed by atoms with Gasteiger partial charge in [0.05, 0.1) is 16.8 Å². The van der Waals surface area contributed by atoms with Crippen molar-refractivity contribution in [1.82, 2.24) is 15.2 Å². The van der Waals surface area contributed by atoms with Crippen molar-refractivity contribution in [2.45, 2.75) is 33.1 Å². The molecule has 1 saturated heterocycles. The van der Waals surface area contributed by atoms with E-state index in [1.807, 2.05) is 54.6 Å². The second-order valence-electron chi connectivity index (χ2n) is 8.99. The summed E-state index contributed by atoms with van der Waals surface area (Å²) in [5, 5.41) is 6.73. The van der Waals surface area contributed by atoms with Crippen LogP contribution in [0.25, 0.3) is 22.2 Å². The van der Waals surface area contributed by atoms with Crippen LogP contribution in [0.5, 0.6) is 0 Å². The number of benzene rings is 2. The van der Waals surface area contributed by atoms with Crippen LogP contribution in [0.3, 0.4) is 0 Å². The summed E-state index contributed by atoms with van der Waals surface area (Å²) in [6.45, 7) is 7.79. The van der Waals surface area contributed by atoms with E-state index in [2.05, 4.69) is 22.5 Å². The Morgan fingerprint density at radius 1 is 1.12 bits per heavy atom. The number of carbonyl (C=O) groups is 2. The minimum Gasteiger partial charge on any atom is -0.352 e. The number of rotatable bonds is 7. The number of carbonyl (C=O) groups excluding carboxylic acids is 2. The highest BCUT2D eigenvalue weighted by molar-refractivity contribution is 6.07. The van der Waals surface area contributed by atoms with E-state index >= 15 is 0 Å². The predicted molar refractivity (Wildman–Crippen MR) is 133 cm³/mol. The molecule has 1 aliphatic rings. The zero-order valence-electron chi connectivity index (χ0n) is 19.4. The lowest BCUT2D eigenvalue weighted by atomic mass is 10.0. The van der Waals surface area contributed by atoms with Crippen molar-refractivity contribution in [3.63, 3.8) is 0 Å². The van der Waals surface area contributed by atoms with Gasteiger partial charge in [-0.05, 0) is 62.5 Å². The zero-order valence-corrected chi connectivity index (χ0v) is 19.4. The third-order valence-corrected chi connectivity index (χ3v) is 6.14. The van der Waals surface area contributed by atoms with E-state index in [9.17, 15) is 9.59 Å². The Bertz CT molecular complexity index is 1130. The lowest BCUT2D eigenvalue weighted by Crippen LogP contribution is -2.36. The fourth-order valence-electron chi connectivity index (χ4n) is 4.53. The minimum atomic E-state index is -0.111. The summed E-state index contributed by atoms with van der Waals surface area (Å²) in [5.74, 6) is 0.583. The van der Waals surface area contributed by atoms with Gasteiger partial charge in [-0.2, -0.15) is 0 Å². The van der Waals surface area contributed by atoms with Gasteiger partial charge in [0, 0.05) is 36.7 Å². The molecule has 1 unspecified atom stereocenters. The first-order valence-corrected chi connectivity index (χ1v) is 11.8. The number of likely N-dealkylation sites (tertiary alicyclic amines) is 1. The van der Waals surface area contributed by atoms with Gasteiger partial charge in [-0.3, -0.25) is 9.59 Å². The molecule has 0 spiro atoms. The van der Waals surface area contributed by atoms with Crippen molar-refractivity contribution in [2.24, 2.45) is 5.92 Å². The summed E-state index contributed by atoms with van der Waals surface area (Å²) < 4.78 is 0. The van der Waals surface area contributed by atoms with Crippen LogP contribution in [0.4, 0.5) is 5.69 Å². The van der Waals surface area contributed by atoms with Gasteiger partial charge in [0.25, 0.3) is 5.91 Å². The largest absolute Gasteiger partial charge is 0.352 e. The first-order chi connectivity index (χ1) is 16.0. The maximum absolute atomic E-state index is 13.1. The van der Waals surface area contributed by atoms with Gasteiger partial charge in [-0.1, -0.05) is 37.3 Å². The second-order valence-corrected chi connectivity index (χ2v) is 8.99. The number of fused-ring (bicyclic) bond motifs is 1. The van der Waals surface area contributed by atoms with Gasteiger partial charge < -0.3 is 15.5 Å². The number of aromatic nitrogens is 1. The molecule has 1 aromatic heterocycles. The smallest absolute Gasteiger partial charge is 0.252 e. The molecule has 6 heteroatoms. The molecule has 2 N–H and O–H groups in total. The predicted octanol–water partition coefficient (Wildman–Crippen LogP) is 4.71. The van der Waals surface area contributed by atoms with Crippen LogP contribution >= 0.6 is 0 Å². The minimum absolute atomic E-state index is 0.0725. The van der Waals surface area contributed by atoms with Crippen LogP contribution in [0, 0.1) is 5.92 Å². The van der Waals surface area contributed by atoms with Crippen LogP contribution in [0.15, 0.2) is 54.6 Å². The molecule has 3 aromatic rings. The molecular weight excluding hydrogens is 412 g/mol. The number of amides is 2. The molecule has 1 fully saturated rings. The van der Waals surface area contributed by atoms with E-state index in [4.69, 9.17) is 4.98 Å². The average molecular weight is 445 g/mol. The van der Waals surface area contributed by atoms with Crippen molar-refractivity contribution in [2.75, 3.05) is 31.5 Å². The van der Waals surface area contributed by atoms with Gasteiger partial charge in [-0.15, -0.1) is 0 Å². The van der Waals surface area contributed by atoms with Gasteiger partial charge in [-0.25, -0.2) is 4.98 Å². The normalized spacial score (nSPS) is 16.5. The molecule has 2 aromatic carbocycles. The van der Waals surface area contributed by atoms with E-state index in [0.717, 1.165) is 59.8 Å². The quantitative estimate of drug-likeness (QED) is 0.518. The van der Waals surface area contributed by atoms with Crippen LogP contribution in [0.1, 0.15) is 43.5 Å². The molecule has 2 heterocycles. The van der Waals surface area contributed by atoms with E-state index in [-0.39, 0.29) is 11.8 Å². The van der Waals surface area contributed by atoms with Crippen LogP contribution in [-0.4, -0.2) is 47.9 Å². The van der Waals surface area contributed by atoms with Crippen molar-refractivity contribution in [1.29, 1.82) is 0 Å². The molecule has 172 valence electrons. The highest BCUT2D eigenvalue weighted by Gasteiger charge is 2.17. The SMILES string of the molecule is CC(=O)Nc1ccc(-c2cc(C(=O)NCCCN3CCCC(C)C3)c3ccccc3n2)cc1. The molecule has 0 aliphatic carbocycles. The van der Waals surface area contributed by atoms with Crippen molar-refractivity contribution in [3.05, 3.63) is 60.2 Å². The molecular formula is C27H32N4O2. The molecule has 1 aliphatic heterocycles. The first kappa shape index (κ1) is 22.9. The molecule has 0 bridgehead atoms. The zero-order chi connectivity index (χ0) is 23.2. The molecule has 6 nitrogen and oxygen atoms in total. The molecule has 1 atom stereocenters. The maximum Gasteiger partial charge on any atom is 0.252 e. The molecule has 0 radical (unpaired) electrons. The summed E-state index contributed by atoms with van der Waals surface area (Å²) in [6.07, 6.45) is 3.53. The van der Waals surface area contributed by atoms with Crippen LogP contribution in [-0.2, 0) is 4.79 Å². The maximum atomic E-state index is 13.1. The Hall–Kier alpha value is -3.25. The van der Waals surface area contributed by atoms with Gasteiger partial charge >= 0.3 is 0 Å². The van der Waals surface area contributed by atoms with Crippen molar-refractivity contribution < 1.29 is 9.59 Å². The summed E-state index contributed by atoms with van der Waals surface area (Å²) in [4.78, 5) is 31.7. The number of anilines is 1. The second kappa shape index (κ2) is 10.6. The Kier molecular flexibility index (Phi) is 7.35. The van der Waals surface area contributed by atoms with E-state index in [1.54, 1.807) is 0 Å². The Labute approximate surface area is 195 Å². The number of hydrogen-bond donors (Lipinski definition) is 2. The number of nitrogens with zero attached hydrogens (tertiary/aromatic N) is 2. The van der Waals surface area contributed by atoms with Crippen LogP contribution < -0.4 is 10.6 Å². The van der Waals surface area contributed by atoms with E-state index in [1.165, 1.54) is 19.8 Å². The number of pyridine rings is 1. The summed E-state index contributed by atoms with van der Waals surface area (Å²) >= 11 is 0. The standard InChI is InChI=1S/C27H32N4O2/c1-19-7-5-15-31(18-19)16-6-14-28-27(33)24-17-26(30-25-9-4-3-8-23(24)25)21-10-12-22(13-11-21)29-20(2)32/h3-4,8-13,17,19H,5-7,14-16,18H2,1-2H3,(H,28,33)(H,29,32). The average Bonchev–Trinajstić information content (AvgIpc) is 2.81. The Balaban J connectivity index is 1.48. The molecule has 0 saturated carbocycles. The number of nitrogens with one attached hydrogen (secondary N) is 2. The topological polar surface area (TPSA) is 74.3 Å². The monoisotopic (exact) mass is 444 g/mol. The van der Waals surface area contributed by atoms with Gasteiger partial charge in [0.15, 0.2) is 0 Å². The highest BCUT2D eigenvalue weighted by Crippen LogP contribution is 2.26. The van der Waals surface area contributed by atoms with E-state index in [0.29, 0.717) is 12.1 Å². The van der Waals surface area contributed by atoms with Crippen molar-refractivity contribution >= 4 is 28.4 Å². The lowest BCUT2D eigenvalue weighted by molar-refractivity contribution is -0.114. The fraction of sp³-hybridized carbons (Fsp3) is 0.370. The summed E-state index contributed by atoms with van der Waals surface area (Å²) in [6, 6.07) is 17.1. The lowest BCUT2D eigenvalue weighted by Gasteiger charge is -2.30. The van der Waals surface area contributed by atoms with Crippen LogP contribution in [0.2, 0.25) is 0 Å². The first-order valence-electron chi connectivity index (χ1n) is 11.8. The number of hydrogen-bond acceptors (Lipinski definition) is 4. The third-order valence-electron chi connectivity index (χ3n) is 6.14. The van der Waals surface area contributed by atoms with Gasteiger partial charge in [0.2, 0.25) is 5.91 Å². The van der Waals surface area contributed by atoms with Gasteiger partial charge in [0.1, 0.15) is 0 Å². The number of para-hydroxylation sites is 1. The third kappa shape index (κ3) is 5.96. The highest BCUT2D eigenvalue weighted by atomic mass is 16.2. The molecule has 4 rings (SSSR count). The molecule has 33 heavy (non-hydrogen) atoms. The Morgan fingerprint density at radius 2 is 1.91 bits per heavy atom. The number of piperidine rings is 1. The van der Waals surface area contributed by atoms with E-state index < -0.39 is 0 Å². The molecule has 2 amide bonds. The Morgan fingerprint density at radius 3 is 2.67 bits per heavy atom. The summed E-state index contributed by atoms with van der Waals surface area (Å²) in [5.41, 5.74) is 3.77. The summed E-state index contributed by atoms with van der Waals surface area (Å²) in [7, 11) is 0. The fourth-order valence-corrected chi connectivity index (χ4v) is 4.53. The van der Waals surface area contributed by atoms with Crippen molar-refractivity contribution in [3.8, 4) is 11.3 Å².